The molecule has 1 aromatic heterocycles. The Bertz CT molecular complexity index is 927. The van der Waals surface area contributed by atoms with Crippen molar-refractivity contribution >= 4 is 29.2 Å². The predicted octanol–water partition coefficient (Wildman–Crippen LogP) is 5.11. The van der Waals surface area contributed by atoms with E-state index >= 15 is 0 Å². The molecule has 0 radical (unpaired) electrons. The van der Waals surface area contributed by atoms with Crippen LogP contribution in [0.3, 0.4) is 0 Å². The summed E-state index contributed by atoms with van der Waals surface area (Å²) in [5.41, 5.74) is 2.51. The molecule has 2 aromatic carbocycles. The Morgan fingerprint density at radius 2 is 1.91 bits per heavy atom. The Morgan fingerprint density at radius 1 is 1.13 bits per heavy atom. The van der Waals surface area contributed by atoms with Crippen LogP contribution >= 0.6 is 12.2 Å². The Morgan fingerprint density at radius 3 is 2.70 bits per heavy atom. The van der Waals surface area contributed by atoms with Gasteiger partial charge in [0.1, 0.15) is 11.3 Å². The highest BCUT2D eigenvalue weighted by Gasteiger charge is 2.16. The standard InChI is InChI=1S/C19H16O3S/c1-12(19(20)21-2)13-6-5-7-14(10-13)17-11-18(23)15-8-3-4-9-16(15)22-17/h3-12H,1-2H3. The van der Waals surface area contributed by atoms with E-state index in [4.69, 9.17) is 21.4 Å². The zero-order valence-electron chi connectivity index (χ0n) is 12.9. The number of esters is 1. The van der Waals surface area contributed by atoms with Crippen molar-refractivity contribution < 1.29 is 13.9 Å². The number of rotatable bonds is 3. The molecule has 0 aliphatic carbocycles. The molecule has 1 heterocycles. The number of hydrogen-bond donors (Lipinski definition) is 0. The van der Waals surface area contributed by atoms with E-state index in [9.17, 15) is 4.79 Å². The maximum Gasteiger partial charge on any atom is 0.312 e. The van der Waals surface area contributed by atoms with Gasteiger partial charge in [0.15, 0.2) is 0 Å². The maximum atomic E-state index is 11.7. The lowest BCUT2D eigenvalue weighted by molar-refractivity contribution is -0.141. The molecule has 0 saturated heterocycles. The van der Waals surface area contributed by atoms with Crippen molar-refractivity contribution in [3.8, 4) is 11.3 Å². The van der Waals surface area contributed by atoms with E-state index in [1.165, 1.54) is 7.11 Å². The van der Waals surface area contributed by atoms with Crippen molar-refractivity contribution in [3.63, 3.8) is 0 Å². The number of benzene rings is 2. The number of para-hydroxylation sites is 1. The lowest BCUT2D eigenvalue weighted by atomic mass is 9.98. The fourth-order valence-electron chi connectivity index (χ4n) is 2.52. The predicted molar refractivity (Wildman–Crippen MR) is 92.9 cm³/mol. The second-order valence-corrected chi connectivity index (χ2v) is 5.78. The maximum absolute atomic E-state index is 11.7. The third kappa shape index (κ3) is 3.03. The minimum Gasteiger partial charge on any atom is -0.469 e. The molecule has 3 nitrogen and oxygen atoms in total. The van der Waals surface area contributed by atoms with Crippen molar-refractivity contribution in [2.45, 2.75) is 12.8 Å². The van der Waals surface area contributed by atoms with E-state index < -0.39 is 0 Å². The molecule has 3 aromatic rings. The normalized spacial score (nSPS) is 12.1. The highest BCUT2D eigenvalue weighted by Crippen LogP contribution is 2.28. The van der Waals surface area contributed by atoms with Crippen molar-refractivity contribution in [3.05, 3.63) is 64.7 Å². The molecule has 3 rings (SSSR count). The SMILES string of the molecule is COC(=O)C(C)c1cccc(-c2cc(=S)c3ccccc3o2)c1. The van der Waals surface area contributed by atoms with Crippen LogP contribution in [0.15, 0.2) is 59.0 Å². The van der Waals surface area contributed by atoms with Crippen LogP contribution in [0.1, 0.15) is 18.4 Å². The number of fused-ring (bicyclic) bond motifs is 1. The van der Waals surface area contributed by atoms with Gasteiger partial charge in [-0.25, -0.2) is 0 Å². The smallest absolute Gasteiger partial charge is 0.312 e. The van der Waals surface area contributed by atoms with Gasteiger partial charge in [0.05, 0.1) is 17.5 Å². The van der Waals surface area contributed by atoms with Gasteiger partial charge < -0.3 is 9.15 Å². The molecule has 23 heavy (non-hydrogen) atoms. The first-order valence-electron chi connectivity index (χ1n) is 7.31. The highest BCUT2D eigenvalue weighted by molar-refractivity contribution is 7.71. The number of ether oxygens (including phenoxy) is 1. The fraction of sp³-hybridized carbons (Fsp3) is 0.158. The summed E-state index contributed by atoms with van der Waals surface area (Å²) in [6, 6.07) is 17.2. The van der Waals surface area contributed by atoms with Crippen LogP contribution < -0.4 is 0 Å². The molecule has 1 atom stereocenters. The molecular weight excluding hydrogens is 308 g/mol. The summed E-state index contributed by atoms with van der Waals surface area (Å²) in [5, 5.41) is 0.922. The quantitative estimate of drug-likeness (QED) is 0.496. The van der Waals surface area contributed by atoms with Crippen molar-refractivity contribution in [1.29, 1.82) is 0 Å². The first-order valence-corrected chi connectivity index (χ1v) is 7.72. The van der Waals surface area contributed by atoms with E-state index in [0.29, 0.717) is 5.76 Å². The Balaban J connectivity index is 2.09. The fourth-order valence-corrected chi connectivity index (χ4v) is 2.80. The van der Waals surface area contributed by atoms with E-state index in [-0.39, 0.29) is 11.9 Å². The second kappa shape index (κ2) is 6.34. The number of methoxy groups -OCH3 is 1. The summed E-state index contributed by atoms with van der Waals surface area (Å²) < 4.78 is 11.5. The van der Waals surface area contributed by atoms with Gasteiger partial charge in [-0.15, -0.1) is 0 Å². The van der Waals surface area contributed by atoms with Crippen LogP contribution in [0.25, 0.3) is 22.3 Å². The van der Waals surface area contributed by atoms with Gasteiger partial charge in [0.25, 0.3) is 0 Å². The third-order valence-electron chi connectivity index (χ3n) is 3.86. The lowest BCUT2D eigenvalue weighted by Gasteiger charge is -2.11. The zero-order chi connectivity index (χ0) is 16.4. The average molecular weight is 324 g/mol. The van der Waals surface area contributed by atoms with Crippen molar-refractivity contribution in [1.82, 2.24) is 0 Å². The van der Waals surface area contributed by atoms with Gasteiger partial charge in [-0.3, -0.25) is 4.79 Å². The molecule has 1 unspecified atom stereocenters. The number of carbonyl (C=O) groups excluding carboxylic acids is 1. The summed E-state index contributed by atoms with van der Waals surface area (Å²) in [6.45, 7) is 1.82. The summed E-state index contributed by atoms with van der Waals surface area (Å²) >= 11 is 5.45. The monoisotopic (exact) mass is 324 g/mol. The van der Waals surface area contributed by atoms with Crippen LogP contribution in [-0.2, 0) is 9.53 Å². The van der Waals surface area contributed by atoms with E-state index in [1.807, 2.05) is 61.5 Å². The molecular formula is C19H16O3S. The van der Waals surface area contributed by atoms with Crippen molar-refractivity contribution in [2.75, 3.05) is 7.11 Å². The van der Waals surface area contributed by atoms with E-state index in [0.717, 1.165) is 26.6 Å². The molecule has 0 bridgehead atoms. The molecule has 0 amide bonds. The highest BCUT2D eigenvalue weighted by atomic mass is 32.1. The van der Waals surface area contributed by atoms with Crippen LogP contribution in [0.5, 0.6) is 0 Å². The number of hydrogen-bond acceptors (Lipinski definition) is 4. The van der Waals surface area contributed by atoms with Gasteiger partial charge in [0, 0.05) is 17.0 Å². The molecule has 116 valence electrons. The first-order chi connectivity index (χ1) is 11.1. The van der Waals surface area contributed by atoms with Crippen molar-refractivity contribution in [2.24, 2.45) is 0 Å². The van der Waals surface area contributed by atoms with Gasteiger partial charge in [-0.05, 0) is 30.7 Å². The third-order valence-corrected chi connectivity index (χ3v) is 4.20. The van der Waals surface area contributed by atoms with Crippen LogP contribution in [0, 0.1) is 4.51 Å². The van der Waals surface area contributed by atoms with Gasteiger partial charge in [-0.1, -0.05) is 42.5 Å². The molecule has 4 heteroatoms. The van der Waals surface area contributed by atoms with Gasteiger partial charge in [-0.2, -0.15) is 0 Å². The molecule has 0 N–H and O–H groups in total. The Hall–Kier alpha value is -2.46. The largest absolute Gasteiger partial charge is 0.469 e. The van der Waals surface area contributed by atoms with E-state index in [1.54, 1.807) is 0 Å². The molecule has 0 aliphatic rings. The Labute approximate surface area is 139 Å². The average Bonchev–Trinajstić information content (AvgIpc) is 2.60. The lowest BCUT2D eigenvalue weighted by Crippen LogP contribution is -2.10. The first kappa shape index (κ1) is 15.4. The molecule has 0 fully saturated rings. The molecule has 0 spiro atoms. The summed E-state index contributed by atoms with van der Waals surface area (Å²) in [5.74, 6) is 0.0950. The van der Waals surface area contributed by atoms with Crippen LogP contribution in [0.4, 0.5) is 0 Å². The van der Waals surface area contributed by atoms with Gasteiger partial charge >= 0.3 is 5.97 Å². The van der Waals surface area contributed by atoms with E-state index in [2.05, 4.69) is 0 Å². The summed E-state index contributed by atoms with van der Waals surface area (Å²) in [7, 11) is 1.39. The van der Waals surface area contributed by atoms with Gasteiger partial charge in [0.2, 0.25) is 0 Å². The number of carbonyl (C=O) groups is 1. The van der Waals surface area contributed by atoms with Crippen LogP contribution in [0.2, 0.25) is 0 Å². The summed E-state index contributed by atoms with van der Waals surface area (Å²) in [4.78, 5) is 11.7. The minimum atomic E-state index is -0.330. The Kier molecular flexibility index (Phi) is 4.26. The van der Waals surface area contributed by atoms with Crippen LogP contribution in [-0.4, -0.2) is 13.1 Å². The minimum absolute atomic E-state index is 0.262. The molecule has 0 aliphatic heterocycles. The topological polar surface area (TPSA) is 39.4 Å². The molecule has 0 saturated carbocycles. The zero-order valence-corrected chi connectivity index (χ0v) is 13.7. The second-order valence-electron chi connectivity index (χ2n) is 5.34. The summed E-state index contributed by atoms with van der Waals surface area (Å²) in [6.07, 6.45) is 0.